The lowest BCUT2D eigenvalue weighted by Crippen LogP contribution is -2.36. The van der Waals surface area contributed by atoms with Crippen molar-refractivity contribution < 1.29 is 9.53 Å². The minimum Gasteiger partial charge on any atom is -0.382 e. The van der Waals surface area contributed by atoms with E-state index in [0.29, 0.717) is 12.3 Å². The van der Waals surface area contributed by atoms with E-state index in [0.717, 1.165) is 22.3 Å². The van der Waals surface area contributed by atoms with Crippen LogP contribution in [0.1, 0.15) is 17.3 Å². The van der Waals surface area contributed by atoms with Crippen LogP contribution in [0.3, 0.4) is 0 Å². The second-order valence-electron chi connectivity index (χ2n) is 6.54. The van der Waals surface area contributed by atoms with Gasteiger partial charge in [0, 0.05) is 40.1 Å². The number of imidazole rings is 1. The molecule has 1 aromatic carbocycles. The van der Waals surface area contributed by atoms with Crippen molar-refractivity contribution in [3.8, 4) is 0 Å². The van der Waals surface area contributed by atoms with E-state index in [-0.39, 0.29) is 17.8 Å². The third kappa shape index (κ3) is 3.45. The van der Waals surface area contributed by atoms with Gasteiger partial charge >= 0.3 is 11.7 Å². The molecule has 0 aliphatic carbocycles. The molecule has 2 amide bonds. The number of benzene rings is 1. The molecule has 0 aliphatic rings. The second-order valence-corrected chi connectivity index (χ2v) is 6.54. The molecule has 0 bridgehead atoms. The Morgan fingerprint density at radius 1 is 1.22 bits per heavy atom. The van der Waals surface area contributed by atoms with Gasteiger partial charge in [0.1, 0.15) is 0 Å². The number of ether oxygens (including phenoxy) is 1. The molecule has 9 heteroatoms. The summed E-state index contributed by atoms with van der Waals surface area (Å²) in [6.07, 6.45) is 1.67. The molecule has 27 heavy (non-hydrogen) atoms. The summed E-state index contributed by atoms with van der Waals surface area (Å²) in [5.74, 6) is 0. The van der Waals surface area contributed by atoms with Crippen LogP contribution in [0, 0.1) is 6.92 Å². The van der Waals surface area contributed by atoms with Crippen LogP contribution < -0.4 is 16.3 Å². The number of fused-ring (bicyclic) bond motifs is 1. The summed E-state index contributed by atoms with van der Waals surface area (Å²) in [6.45, 7) is 2.21. The number of anilines is 1. The molecule has 0 aliphatic heterocycles. The number of aryl methyl sites for hydroxylation is 4. The van der Waals surface area contributed by atoms with Crippen molar-refractivity contribution in [2.75, 3.05) is 19.0 Å². The molecule has 1 unspecified atom stereocenters. The van der Waals surface area contributed by atoms with Crippen LogP contribution in [-0.2, 0) is 25.9 Å². The number of aromatic nitrogens is 4. The molecule has 144 valence electrons. The predicted octanol–water partition coefficient (Wildman–Crippen LogP) is 1.43. The van der Waals surface area contributed by atoms with Crippen LogP contribution >= 0.6 is 0 Å². The molecule has 0 radical (unpaired) electrons. The van der Waals surface area contributed by atoms with Crippen molar-refractivity contribution >= 4 is 22.8 Å². The number of urea groups is 1. The zero-order valence-electron chi connectivity index (χ0n) is 16.1. The Balaban J connectivity index is 1.85. The first-order valence-electron chi connectivity index (χ1n) is 8.54. The van der Waals surface area contributed by atoms with E-state index in [1.165, 1.54) is 0 Å². The Morgan fingerprint density at radius 3 is 2.48 bits per heavy atom. The van der Waals surface area contributed by atoms with Crippen LogP contribution in [0.25, 0.3) is 11.0 Å². The zero-order chi connectivity index (χ0) is 19.7. The first-order chi connectivity index (χ1) is 12.8. The van der Waals surface area contributed by atoms with Gasteiger partial charge in [-0.1, -0.05) is 0 Å². The first-order valence-corrected chi connectivity index (χ1v) is 8.54. The Hall–Kier alpha value is -3.07. The number of hydrogen-bond donors (Lipinski definition) is 2. The van der Waals surface area contributed by atoms with Gasteiger partial charge in [0.25, 0.3) is 0 Å². The van der Waals surface area contributed by atoms with Crippen LogP contribution in [0.2, 0.25) is 0 Å². The Kier molecular flexibility index (Phi) is 5.04. The summed E-state index contributed by atoms with van der Waals surface area (Å²) in [7, 11) is 6.83. The van der Waals surface area contributed by atoms with Crippen molar-refractivity contribution in [1.82, 2.24) is 24.2 Å². The smallest absolute Gasteiger partial charge is 0.328 e. The van der Waals surface area contributed by atoms with Crippen LogP contribution in [0.15, 0.2) is 29.2 Å². The molecule has 9 nitrogen and oxygen atoms in total. The van der Waals surface area contributed by atoms with E-state index >= 15 is 0 Å². The number of methoxy groups -OCH3 is 1. The van der Waals surface area contributed by atoms with Gasteiger partial charge in [0.05, 0.1) is 29.4 Å². The summed E-state index contributed by atoms with van der Waals surface area (Å²) in [5.41, 5.74) is 3.80. The monoisotopic (exact) mass is 372 g/mol. The van der Waals surface area contributed by atoms with Gasteiger partial charge in [-0.15, -0.1) is 0 Å². The van der Waals surface area contributed by atoms with Gasteiger partial charge in [-0.25, -0.2) is 9.59 Å². The zero-order valence-corrected chi connectivity index (χ0v) is 16.1. The van der Waals surface area contributed by atoms with Crippen LogP contribution in [-0.4, -0.2) is 38.7 Å². The lowest BCUT2D eigenvalue weighted by molar-refractivity contribution is 0.165. The fraction of sp³-hybridized carbons (Fsp3) is 0.389. The molecule has 0 saturated carbocycles. The summed E-state index contributed by atoms with van der Waals surface area (Å²) in [6, 6.07) is 4.83. The molecule has 2 aromatic heterocycles. The first kappa shape index (κ1) is 18.7. The van der Waals surface area contributed by atoms with E-state index in [2.05, 4.69) is 15.7 Å². The minimum atomic E-state index is -0.360. The highest BCUT2D eigenvalue weighted by atomic mass is 16.5. The lowest BCUT2D eigenvalue weighted by Gasteiger charge is -2.19. The average molecular weight is 372 g/mol. The maximum absolute atomic E-state index is 12.6. The summed E-state index contributed by atoms with van der Waals surface area (Å²) < 4.78 is 10.1. The Bertz CT molecular complexity index is 1050. The number of carbonyl (C=O) groups excluding carboxylic acids is 1. The van der Waals surface area contributed by atoms with Gasteiger partial charge in [-0.3, -0.25) is 13.8 Å². The number of nitrogens with one attached hydrogen (secondary N) is 2. The predicted molar refractivity (Wildman–Crippen MR) is 103 cm³/mol. The molecule has 0 spiro atoms. The van der Waals surface area contributed by atoms with Crippen LogP contribution in [0.4, 0.5) is 10.5 Å². The minimum absolute atomic E-state index is 0.109. The van der Waals surface area contributed by atoms with Gasteiger partial charge < -0.3 is 15.4 Å². The van der Waals surface area contributed by atoms with Crippen LogP contribution in [0.5, 0.6) is 0 Å². The normalized spacial score (nSPS) is 12.3. The number of rotatable bonds is 5. The van der Waals surface area contributed by atoms with E-state index in [1.54, 1.807) is 47.3 Å². The van der Waals surface area contributed by atoms with E-state index in [1.807, 2.05) is 26.1 Å². The highest BCUT2D eigenvalue weighted by Crippen LogP contribution is 2.23. The number of carbonyl (C=O) groups is 1. The Morgan fingerprint density at radius 2 is 1.89 bits per heavy atom. The van der Waals surface area contributed by atoms with E-state index < -0.39 is 0 Å². The molecular formula is C18H24N6O3. The number of hydrogen-bond acceptors (Lipinski definition) is 4. The van der Waals surface area contributed by atoms with Gasteiger partial charge in [-0.2, -0.15) is 5.10 Å². The second kappa shape index (κ2) is 7.28. The largest absolute Gasteiger partial charge is 0.382 e. The summed E-state index contributed by atoms with van der Waals surface area (Å²) >= 11 is 0. The fourth-order valence-corrected chi connectivity index (χ4v) is 3.19. The van der Waals surface area contributed by atoms with Gasteiger partial charge in [-0.05, 0) is 30.7 Å². The highest BCUT2D eigenvalue weighted by molar-refractivity contribution is 5.93. The average Bonchev–Trinajstić information content (AvgIpc) is 3.13. The van der Waals surface area contributed by atoms with E-state index in [4.69, 9.17) is 4.74 Å². The summed E-state index contributed by atoms with van der Waals surface area (Å²) in [4.78, 5) is 24.7. The number of amides is 2. The fourth-order valence-electron chi connectivity index (χ4n) is 3.19. The molecule has 3 rings (SSSR count). The van der Waals surface area contributed by atoms with E-state index in [9.17, 15) is 9.59 Å². The maximum Gasteiger partial charge on any atom is 0.328 e. The molecule has 0 fully saturated rings. The molecule has 2 N–H and O–H groups in total. The summed E-state index contributed by atoms with van der Waals surface area (Å²) in [5, 5.41) is 9.91. The van der Waals surface area contributed by atoms with Crippen molar-refractivity contribution in [1.29, 1.82) is 0 Å². The standard InChI is InChI=1S/C18H24N6O3/c1-11-8-15-16(23(3)18(26)22(15)2)9-12(11)20-17(25)21-13(10-27-5)14-6-7-19-24(14)4/h6-9,13H,10H2,1-5H3,(H2,20,21,25). The van der Waals surface area contributed by atoms with Gasteiger partial charge in [0.15, 0.2) is 0 Å². The van der Waals surface area contributed by atoms with Crippen molar-refractivity contribution in [2.45, 2.75) is 13.0 Å². The highest BCUT2D eigenvalue weighted by Gasteiger charge is 2.19. The Labute approximate surface area is 156 Å². The van der Waals surface area contributed by atoms with Crippen molar-refractivity contribution in [3.05, 3.63) is 46.1 Å². The SMILES string of the molecule is COCC(NC(=O)Nc1cc2c(cc1C)n(C)c(=O)n2C)c1ccnn1C. The quantitative estimate of drug-likeness (QED) is 0.708. The lowest BCUT2D eigenvalue weighted by atomic mass is 10.1. The van der Waals surface area contributed by atoms with Crippen molar-refractivity contribution in [2.24, 2.45) is 21.1 Å². The molecule has 3 aromatic rings. The third-order valence-electron chi connectivity index (χ3n) is 4.72. The van der Waals surface area contributed by atoms with Gasteiger partial charge in [0.2, 0.25) is 0 Å². The maximum atomic E-state index is 12.6. The topological polar surface area (TPSA) is 95.1 Å². The third-order valence-corrected chi connectivity index (χ3v) is 4.72. The van der Waals surface area contributed by atoms with Crippen molar-refractivity contribution in [3.63, 3.8) is 0 Å². The molecular weight excluding hydrogens is 348 g/mol. The molecule has 1 atom stereocenters. The molecule has 0 saturated heterocycles. The molecule has 2 heterocycles. The number of nitrogens with zero attached hydrogens (tertiary/aromatic N) is 4.